The molecule has 2 N–H and O–H groups in total. The molecule has 4 aliphatic heterocycles. The van der Waals surface area contributed by atoms with E-state index in [9.17, 15) is 37.1 Å². The zero-order valence-corrected chi connectivity index (χ0v) is 38.3. The molecule has 4 aliphatic rings. The van der Waals surface area contributed by atoms with Crippen LogP contribution in [0.15, 0.2) is 54.7 Å². The topological polar surface area (TPSA) is 166 Å². The zero-order valence-electron chi connectivity index (χ0n) is 38.3. The fourth-order valence-corrected chi connectivity index (χ4v) is 10.2. The van der Waals surface area contributed by atoms with E-state index in [0.717, 1.165) is 107 Å². The van der Waals surface area contributed by atoms with Crippen LogP contribution in [0.5, 0.6) is 0 Å². The molecule has 3 aromatic rings. The number of aromatic nitrogens is 1. The second-order valence-electron chi connectivity index (χ2n) is 18.2. The standard InChI is InChI=1S/C49H61F3N10O5/c1-34-28-39(7-9-42(34)48(67)62(33-64)44(4-3-27-63)47(66)54-2)59-21-15-38(16-22-59)61-25-23-57(24-26-61)32-35-11-17-60(18-12-35)41-8-10-45(55-31-41)56-46(65)36-13-19-58(20-14-36)40-6-5-37(30-53)43(29-40)49(50,51)52/h5-10,27-29,31,33,35-36,38,44H,3-4,11-26,32H2,1-2H3,(H,54,66)(H,55,56,65). The van der Waals surface area contributed by atoms with Crippen LogP contribution in [0, 0.1) is 30.1 Å². The van der Waals surface area contributed by atoms with Gasteiger partial charge in [-0.05, 0) is 112 Å². The summed E-state index contributed by atoms with van der Waals surface area (Å²) in [7, 11) is 1.43. The Morgan fingerprint density at radius 3 is 2.03 bits per heavy atom. The number of pyridine rings is 1. The zero-order chi connectivity index (χ0) is 47.7. The van der Waals surface area contributed by atoms with E-state index < -0.39 is 35.2 Å². The predicted molar refractivity (Wildman–Crippen MR) is 249 cm³/mol. The number of hydrogen-bond donors (Lipinski definition) is 2. The first-order valence-electron chi connectivity index (χ1n) is 23.4. The van der Waals surface area contributed by atoms with Crippen molar-refractivity contribution in [1.29, 1.82) is 5.26 Å². The van der Waals surface area contributed by atoms with E-state index in [1.807, 2.05) is 42.3 Å². The molecule has 1 atom stereocenters. The molecule has 15 nitrogen and oxygen atoms in total. The third kappa shape index (κ3) is 11.9. The maximum absolute atomic E-state index is 13.5. The summed E-state index contributed by atoms with van der Waals surface area (Å²) in [4.78, 5) is 79.2. The molecule has 358 valence electrons. The summed E-state index contributed by atoms with van der Waals surface area (Å²) >= 11 is 0. The molecular formula is C49H61F3N10O5. The normalized spacial score (nSPS) is 18.8. The number of nitrogens with one attached hydrogen (secondary N) is 2. The fraction of sp³-hybridized carbons (Fsp3) is 0.531. The van der Waals surface area contributed by atoms with E-state index in [1.54, 1.807) is 12.1 Å². The van der Waals surface area contributed by atoms with Crippen LogP contribution in [0.2, 0.25) is 0 Å². The number of halogens is 3. The SMILES string of the molecule is CNC(=O)C(CCC=O)N(C=O)C(=O)c1ccc(N2CCC(N3CCN(CC4CCN(c5ccc(NC(=O)C6CCN(c7ccc(C#N)c(C(F)(F)F)c7)CC6)nc5)CC4)CC3)CC2)cc1C. The number of carbonyl (C=O) groups excluding carboxylic acids is 5. The van der Waals surface area contributed by atoms with Gasteiger partial charge in [-0.1, -0.05) is 0 Å². The molecule has 18 heteroatoms. The van der Waals surface area contributed by atoms with Crippen LogP contribution in [0.3, 0.4) is 0 Å². The summed E-state index contributed by atoms with van der Waals surface area (Å²) < 4.78 is 40.5. The van der Waals surface area contributed by atoms with E-state index in [-0.39, 0.29) is 24.7 Å². The van der Waals surface area contributed by atoms with E-state index in [2.05, 4.69) is 35.2 Å². The molecule has 0 radical (unpaired) electrons. The van der Waals surface area contributed by atoms with E-state index >= 15 is 0 Å². The van der Waals surface area contributed by atoms with Gasteiger partial charge in [-0.2, -0.15) is 18.4 Å². The van der Waals surface area contributed by atoms with Crippen LogP contribution in [0.1, 0.15) is 78.4 Å². The van der Waals surface area contributed by atoms with Gasteiger partial charge in [0.15, 0.2) is 0 Å². The van der Waals surface area contributed by atoms with Crippen LogP contribution >= 0.6 is 0 Å². The van der Waals surface area contributed by atoms with E-state index in [0.29, 0.717) is 73.2 Å². The van der Waals surface area contributed by atoms with Gasteiger partial charge >= 0.3 is 6.18 Å². The number of benzene rings is 2. The third-order valence-electron chi connectivity index (χ3n) is 14.1. The molecule has 1 unspecified atom stereocenters. The second kappa shape index (κ2) is 22.2. The Morgan fingerprint density at radius 1 is 0.836 bits per heavy atom. The van der Waals surface area contributed by atoms with Gasteiger partial charge in [0, 0.05) is 114 Å². The van der Waals surface area contributed by atoms with Crippen LogP contribution in [-0.2, 0) is 25.4 Å². The lowest BCUT2D eigenvalue weighted by molar-refractivity contribution is -0.137. The Bertz CT molecular complexity index is 2260. The van der Waals surface area contributed by atoms with Crippen molar-refractivity contribution in [2.24, 2.45) is 11.8 Å². The first kappa shape index (κ1) is 48.9. The van der Waals surface area contributed by atoms with Crippen LogP contribution in [-0.4, -0.2) is 141 Å². The third-order valence-corrected chi connectivity index (χ3v) is 14.1. The Kier molecular flexibility index (Phi) is 16.2. The van der Waals surface area contributed by atoms with Gasteiger partial charge in [-0.15, -0.1) is 0 Å². The van der Waals surface area contributed by atoms with E-state index in [4.69, 9.17) is 5.26 Å². The minimum Gasteiger partial charge on any atom is -0.371 e. The Morgan fingerprint density at radius 2 is 1.45 bits per heavy atom. The summed E-state index contributed by atoms with van der Waals surface area (Å²) in [5.74, 6) is -0.403. The number of nitriles is 1. The lowest BCUT2D eigenvalue weighted by atomic mass is 9.95. The number of hydrogen-bond acceptors (Lipinski definition) is 12. The monoisotopic (exact) mass is 926 g/mol. The molecule has 1 aromatic heterocycles. The number of likely N-dealkylation sites (N-methyl/N-ethyl adjacent to an activating group) is 1. The molecule has 0 spiro atoms. The van der Waals surface area contributed by atoms with Crippen molar-refractivity contribution >= 4 is 53.3 Å². The average Bonchev–Trinajstić information content (AvgIpc) is 3.35. The molecule has 7 rings (SSSR count). The largest absolute Gasteiger partial charge is 0.417 e. The number of nitrogens with zero attached hydrogens (tertiary/aromatic N) is 8. The van der Waals surface area contributed by atoms with Gasteiger partial charge in [0.25, 0.3) is 5.91 Å². The lowest BCUT2D eigenvalue weighted by Gasteiger charge is -2.44. The van der Waals surface area contributed by atoms with Gasteiger partial charge in [-0.25, -0.2) is 4.98 Å². The highest BCUT2D eigenvalue weighted by Crippen LogP contribution is 2.36. The first-order valence-corrected chi connectivity index (χ1v) is 23.4. The molecule has 4 fully saturated rings. The second-order valence-corrected chi connectivity index (χ2v) is 18.2. The molecule has 67 heavy (non-hydrogen) atoms. The van der Waals surface area contributed by atoms with Gasteiger partial charge in [0.05, 0.1) is 29.1 Å². The number of carbonyl (C=O) groups is 5. The number of aryl methyl sites for hydroxylation is 1. The highest BCUT2D eigenvalue weighted by molar-refractivity contribution is 6.04. The van der Waals surface area contributed by atoms with E-state index in [1.165, 1.54) is 19.2 Å². The van der Waals surface area contributed by atoms with Crippen LogP contribution < -0.4 is 25.3 Å². The number of alkyl halides is 3. The minimum absolute atomic E-state index is 0.0485. The number of imide groups is 1. The summed E-state index contributed by atoms with van der Waals surface area (Å²) in [6, 6.07) is 14.2. The van der Waals surface area contributed by atoms with Gasteiger partial charge in [0.2, 0.25) is 18.2 Å². The van der Waals surface area contributed by atoms with Gasteiger partial charge in [-0.3, -0.25) is 29.0 Å². The summed E-state index contributed by atoms with van der Waals surface area (Å²) in [6.07, 6.45) is 3.58. The van der Waals surface area contributed by atoms with Crippen molar-refractivity contribution in [2.75, 3.05) is 99.1 Å². The van der Waals surface area contributed by atoms with Crippen LogP contribution in [0.25, 0.3) is 0 Å². The Balaban J connectivity index is 0.796. The average molecular weight is 927 g/mol. The molecule has 5 heterocycles. The number of aldehydes is 1. The molecule has 0 aliphatic carbocycles. The number of rotatable bonds is 15. The maximum atomic E-state index is 13.5. The molecule has 2 aromatic carbocycles. The highest BCUT2D eigenvalue weighted by Gasteiger charge is 2.36. The minimum atomic E-state index is -4.62. The number of piperazine rings is 1. The van der Waals surface area contributed by atoms with Gasteiger partial charge in [0.1, 0.15) is 18.1 Å². The summed E-state index contributed by atoms with van der Waals surface area (Å²) in [5, 5.41) is 14.5. The lowest BCUT2D eigenvalue weighted by Crippen LogP contribution is -2.54. The van der Waals surface area contributed by atoms with Crippen molar-refractivity contribution in [3.63, 3.8) is 0 Å². The molecule has 0 saturated carbocycles. The summed E-state index contributed by atoms with van der Waals surface area (Å²) in [6.45, 7) is 11.7. The molecule has 0 bridgehead atoms. The Labute approximate surface area is 390 Å². The smallest absolute Gasteiger partial charge is 0.371 e. The summed E-state index contributed by atoms with van der Waals surface area (Å²) in [5.41, 5.74) is 2.14. The van der Waals surface area contributed by atoms with Crippen molar-refractivity contribution in [3.8, 4) is 6.07 Å². The maximum Gasteiger partial charge on any atom is 0.417 e. The fourth-order valence-electron chi connectivity index (χ4n) is 10.2. The van der Waals surface area contributed by atoms with Crippen molar-refractivity contribution in [2.45, 2.75) is 76.6 Å². The van der Waals surface area contributed by atoms with Crippen molar-refractivity contribution in [3.05, 3.63) is 77.0 Å². The number of amides is 4. The Hall–Kier alpha value is -6.06. The highest BCUT2D eigenvalue weighted by atomic mass is 19.4. The number of piperidine rings is 3. The van der Waals surface area contributed by atoms with Crippen molar-refractivity contribution in [1.82, 2.24) is 25.0 Å². The quantitative estimate of drug-likeness (QED) is 0.189. The van der Waals surface area contributed by atoms with Crippen molar-refractivity contribution < 1.29 is 37.1 Å². The molecular weight excluding hydrogens is 866 g/mol. The van der Waals surface area contributed by atoms with Crippen LogP contribution in [0.4, 0.5) is 36.1 Å². The first-order chi connectivity index (χ1) is 32.3. The molecule has 4 saturated heterocycles. The molecule has 4 amide bonds. The van der Waals surface area contributed by atoms with Gasteiger partial charge < -0.3 is 35.0 Å². The predicted octanol–water partition coefficient (Wildman–Crippen LogP) is 5.33. The number of anilines is 4.